The molecule has 0 aliphatic carbocycles. The monoisotopic (exact) mass is 2400 g/mol. The molecule has 4 heterocycles. The summed E-state index contributed by atoms with van der Waals surface area (Å²) in [5.41, 5.74) is 2.90. The number of hydrogen-bond acceptors (Lipinski definition) is 8. The van der Waals surface area contributed by atoms with Crippen LogP contribution in [0.5, 0.6) is 0 Å². The van der Waals surface area contributed by atoms with Gasteiger partial charge in [-0.1, -0.05) is 23.2 Å². The molecule has 6 rings (SSSR count). The van der Waals surface area contributed by atoms with Gasteiger partial charge in [-0.05, 0) is 257 Å². The number of hydrogen-bond donors (Lipinski definition) is 1. The molecular formula is C24H87Cl3N4O4P58. The molecule has 93 heavy (non-hydrogen) atoms. The predicted molar refractivity (Wildman–Crippen MR) is 624 cm³/mol. The summed E-state index contributed by atoms with van der Waals surface area (Å²) in [6.07, 6.45) is 0. The first-order valence-electron chi connectivity index (χ1n) is 24.5. The van der Waals surface area contributed by atoms with Gasteiger partial charge in [0.2, 0.25) is 0 Å². The summed E-state index contributed by atoms with van der Waals surface area (Å²) < 4.78 is 21.3. The van der Waals surface area contributed by atoms with Crippen molar-refractivity contribution in [1.82, 2.24) is 15.3 Å². The third kappa shape index (κ3) is 38.1. The van der Waals surface area contributed by atoms with Crippen LogP contribution in [0.15, 0.2) is 45.2 Å². The Bertz CT molecular complexity index is 2570. The van der Waals surface area contributed by atoms with Crippen molar-refractivity contribution in [2.24, 2.45) is 0 Å². The zero-order chi connectivity index (χ0) is 71.0. The topological polar surface area (TPSA) is 85.8 Å². The molecule has 2 saturated heterocycles. The van der Waals surface area contributed by atoms with Crippen molar-refractivity contribution in [3.8, 4) is 0 Å². The average molecular weight is 2400 g/mol. The zero-order valence-corrected chi connectivity index (χ0v) is 111. The van der Waals surface area contributed by atoms with Crippen LogP contribution < -0.4 is 10.2 Å². The lowest BCUT2D eigenvalue weighted by Gasteiger charge is -2.60. The molecule has 1 N–H and O–H groups in total. The van der Waals surface area contributed by atoms with Gasteiger partial charge in [-0.15, -0.1) is 268 Å². The average Bonchev–Trinajstić information content (AvgIpc) is 1.33. The van der Waals surface area contributed by atoms with E-state index < -0.39 is 0 Å². The van der Waals surface area contributed by atoms with Crippen LogP contribution in [-0.4, -0.2) is 61.6 Å². The van der Waals surface area contributed by atoms with Gasteiger partial charge in [-0.3, -0.25) is 0 Å². The number of halogens is 3. The number of ether oxygens (including phenoxy) is 2. The van der Waals surface area contributed by atoms with Crippen LogP contribution in [0.2, 0.25) is 15.4 Å². The van der Waals surface area contributed by atoms with Crippen molar-refractivity contribution in [1.29, 1.82) is 0 Å². The van der Waals surface area contributed by atoms with E-state index in [0.717, 1.165) is 37.4 Å². The number of aromatic nitrogens is 2. The first-order chi connectivity index (χ1) is 43.2. The molecule has 2 aromatic carbocycles. The summed E-state index contributed by atoms with van der Waals surface area (Å²) in [4.78, 5) is 10.5. The lowest BCUT2D eigenvalue weighted by Crippen LogP contribution is -2.43. The molecule has 0 saturated carbocycles. The fraction of sp³-hybridized carbons (Fsp3) is 0.417. The highest BCUT2D eigenvalue weighted by Crippen LogP contribution is 3.48. The van der Waals surface area contributed by atoms with Gasteiger partial charge < -0.3 is 28.5 Å². The summed E-state index contributed by atoms with van der Waals surface area (Å²) in [6, 6.07) is 12.1. The lowest BCUT2D eigenvalue weighted by atomic mass is 10.3. The van der Waals surface area contributed by atoms with E-state index in [1.165, 1.54) is 0 Å². The largest absolute Gasteiger partial charge is 0.428 e. The van der Waals surface area contributed by atoms with Crippen LogP contribution in [0.1, 0.15) is 13.8 Å². The van der Waals surface area contributed by atoms with Gasteiger partial charge in [0.05, 0.1) is 32.5 Å². The molecule has 2 aliphatic heterocycles. The van der Waals surface area contributed by atoms with Gasteiger partial charge in [-0.25, -0.2) is 0 Å². The Morgan fingerprint density at radius 1 is 0.376 bits per heavy atom. The Balaban J connectivity index is 0.000000500. The number of morpholine rings is 2. The van der Waals surface area contributed by atoms with Gasteiger partial charge in [0.25, 0.3) is 11.4 Å². The van der Waals surface area contributed by atoms with E-state index in [4.69, 9.17) is 53.1 Å². The van der Waals surface area contributed by atoms with Crippen molar-refractivity contribution in [3.05, 3.63) is 51.8 Å². The fourth-order valence-corrected chi connectivity index (χ4v) is 844. The molecule has 4 aromatic rings. The molecule has 32 unspecified atom stereocenters. The summed E-state index contributed by atoms with van der Waals surface area (Å²) >= 11 is 17.1. The normalized spacial score (nSPS) is 17.3. The van der Waals surface area contributed by atoms with Crippen LogP contribution in [0.25, 0.3) is 22.2 Å². The highest BCUT2D eigenvalue weighted by atomic mass is 35.5. The SMILES string of the molecule is C[C@@H]1COCCN1.C[C@@H]1COCCN1c1nc2cc(Cl)ccc2o1.Clc1ccc2oc(Cl)nc2c1.PP(P)P(P(P)P)P(P(P)P)P(P(P(P(P)P)P(P)P)P(P(P)P)P(P)P)P(P(P(P(P)P)P(P)P)P(P(P)P)P(P)P)P(P(P(P)P)P(P)P)P(P(P)P)P(P)P. The van der Waals surface area contributed by atoms with Crippen molar-refractivity contribution >= 4 is 527 Å². The second kappa shape index (κ2) is 59.0. The van der Waals surface area contributed by atoms with Crippen LogP contribution >= 0.6 is 498 Å². The van der Waals surface area contributed by atoms with E-state index in [-0.39, 0.29) is 207 Å². The number of benzene rings is 2. The zero-order valence-electron chi connectivity index (χ0n) is 49.3. The van der Waals surface area contributed by atoms with Crippen LogP contribution in [0.4, 0.5) is 6.01 Å². The minimum absolute atomic E-state index is 0.141. The first kappa shape index (κ1) is 110. The maximum Gasteiger partial charge on any atom is 0.298 e. The molecule has 2 aliphatic rings. The second-order valence-corrected chi connectivity index (χ2v) is 258. The minimum atomic E-state index is -0.277. The van der Waals surface area contributed by atoms with Gasteiger partial charge in [0.15, 0.2) is 11.2 Å². The number of anilines is 1. The Morgan fingerprint density at radius 3 is 0.957 bits per heavy atom. The molecule has 0 spiro atoms. The molecule has 34 atom stereocenters. The van der Waals surface area contributed by atoms with Gasteiger partial charge >= 0.3 is 0 Å². The maximum atomic E-state index is 5.93. The molecule has 2 aromatic heterocycles. The summed E-state index contributed by atoms with van der Waals surface area (Å²) in [5.74, 6) is 0. The lowest BCUT2D eigenvalue weighted by molar-refractivity contribution is 0.0824. The van der Waals surface area contributed by atoms with Crippen molar-refractivity contribution in [2.45, 2.75) is 25.9 Å². The number of nitrogens with zero attached hydrogens (tertiary/aromatic N) is 3. The van der Waals surface area contributed by atoms with Crippen molar-refractivity contribution in [3.63, 3.8) is 0 Å². The van der Waals surface area contributed by atoms with E-state index in [1.54, 1.807) is 18.2 Å². The smallest absolute Gasteiger partial charge is 0.298 e. The third-order valence-corrected chi connectivity index (χ3v) is 413. The van der Waals surface area contributed by atoms with Gasteiger partial charge in [0.1, 0.15) is 11.0 Å². The predicted octanol–water partition coefficient (Wildman–Crippen LogP) is 39.7. The van der Waals surface area contributed by atoms with Crippen molar-refractivity contribution in [2.75, 3.05) is 44.4 Å². The van der Waals surface area contributed by atoms with Crippen LogP contribution in [0.3, 0.4) is 0 Å². The minimum Gasteiger partial charge on any atom is -0.428 e. The van der Waals surface area contributed by atoms with Gasteiger partial charge in [-0.2, -0.15) is 9.97 Å². The highest BCUT2D eigenvalue weighted by molar-refractivity contribution is 9.54. The van der Waals surface area contributed by atoms with E-state index in [0.29, 0.717) is 46.4 Å². The molecule has 8 nitrogen and oxygen atoms in total. The molecule has 0 bridgehead atoms. The summed E-state index contributed by atoms with van der Waals surface area (Å²) in [6.45, 7) is 3.11. The fourth-order valence-electron chi connectivity index (χ4n) is 7.05. The van der Waals surface area contributed by atoms with Gasteiger partial charge in [0, 0.05) is 29.2 Å². The van der Waals surface area contributed by atoms with Crippen molar-refractivity contribution < 1.29 is 18.3 Å². The Morgan fingerprint density at radius 2 is 0.667 bits per heavy atom. The summed E-state index contributed by atoms with van der Waals surface area (Å²) in [5, 5.41) is 4.70. The molecule has 2 fully saturated rings. The number of rotatable bonds is 28. The van der Waals surface area contributed by atoms with E-state index in [9.17, 15) is 0 Å². The molecular weight excluding hydrogens is 2310 g/mol. The number of oxazole rings is 2. The Kier molecular flexibility index (Phi) is 69.8. The second-order valence-electron chi connectivity index (χ2n) is 17.4. The third-order valence-electron chi connectivity index (χ3n) is 10.4. The molecule has 69 heteroatoms. The van der Waals surface area contributed by atoms with Crippen LogP contribution in [0, 0.1) is 0 Å². The number of fused-ring (bicyclic) bond motifs is 2. The van der Waals surface area contributed by atoms with E-state index in [1.807, 2.05) is 18.2 Å². The Labute approximate surface area is 673 Å². The van der Waals surface area contributed by atoms with Crippen LogP contribution in [-0.2, 0) is 9.47 Å². The summed E-state index contributed by atoms with van der Waals surface area (Å²) in [7, 11) is 106. The quantitative estimate of drug-likeness (QED) is 0.0563. The standard InChI is InChI=1S/C12H13ClN2O2.C7H3Cl2NO.C5H11NO.H60P58/c1-8-7-16-5-4-15(8)12-14-10-6-9(13)2-3-11(10)17-12;8-4-1-2-6-5(3-4)10-7(9)11-6;1-5-4-7-3-2-6-5;1-31(2)46(32(3)4)53(45(29)30)57(54(47(33(5)6)34(7)8)48(35(9)10)36(11)12)58(55(49(37(13)14)38(15)16)50(39(17)18)40(19)20)56(51(41(21)22)42(23)24)52(43(25)26)44(27)28/h2-3,6,8H,4-5,7H2,1H3;1-3H;5-6H,2-4H2,1H3;1-30H2/t8-;;5-;/m1.1./s1. The van der Waals surface area contributed by atoms with E-state index >= 15 is 0 Å². The highest BCUT2D eigenvalue weighted by Gasteiger charge is 2.61. The number of nitrogens with one attached hydrogen (secondary N) is 1. The molecule has 0 amide bonds. The Hall–Kier alpha value is 22.9. The molecule has 538 valence electrons. The van der Waals surface area contributed by atoms with E-state index in [2.05, 4.69) is 302 Å². The first-order valence-corrected chi connectivity index (χ1v) is 131. The molecule has 0 radical (unpaired) electrons. The maximum absolute atomic E-state index is 5.93.